The first-order chi connectivity index (χ1) is 7.33. The average molecular weight is 211 g/mol. The van der Waals surface area contributed by atoms with Gasteiger partial charge >= 0.3 is 0 Å². The molecule has 1 heterocycles. The highest BCUT2D eigenvalue weighted by Gasteiger charge is 2.12. The lowest BCUT2D eigenvalue weighted by atomic mass is 10.1. The zero-order valence-corrected chi connectivity index (χ0v) is 10.3. The van der Waals surface area contributed by atoms with Gasteiger partial charge in [-0.25, -0.2) is 4.99 Å². The van der Waals surface area contributed by atoms with Gasteiger partial charge < -0.3 is 4.74 Å². The first-order valence-electron chi connectivity index (χ1n) is 6.52. The molecule has 15 heavy (non-hydrogen) atoms. The lowest BCUT2D eigenvalue weighted by Crippen LogP contribution is -2.00. The standard InChI is InChI=1S/C13H25NO/c1-3-4-5-6-7-8-9-10-13-14-12(2)11-15-13/h12H,3-11H2,1-2H3. The third-order valence-corrected chi connectivity index (χ3v) is 2.85. The van der Waals surface area contributed by atoms with Crippen molar-refractivity contribution in [1.82, 2.24) is 0 Å². The number of aliphatic imine (C=N–C) groups is 1. The minimum absolute atomic E-state index is 0.393. The van der Waals surface area contributed by atoms with Crippen LogP contribution in [-0.2, 0) is 4.74 Å². The van der Waals surface area contributed by atoms with E-state index in [0.717, 1.165) is 18.9 Å². The van der Waals surface area contributed by atoms with Gasteiger partial charge in [-0.05, 0) is 13.3 Å². The number of unbranched alkanes of at least 4 members (excludes halogenated alkanes) is 6. The van der Waals surface area contributed by atoms with Crippen molar-refractivity contribution in [2.24, 2.45) is 4.99 Å². The van der Waals surface area contributed by atoms with Crippen molar-refractivity contribution in [1.29, 1.82) is 0 Å². The van der Waals surface area contributed by atoms with Crippen molar-refractivity contribution in [2.75, 3.05) is 6.61 Å². The molecule has 0 aromatic heterocycles. The van der Waals surface area contributed by atoms with Gasteiger partial charge in [-0.15, -0.1) is 0 Å². The summed E-state index contributed by atoms with van der Waals surface area (Å²) in [5, 5.41) is 0. The molecule has 0 saturated carbocycles. The Morgan fingerprint density at radius 2 is 1.80 bits per heavy atom. The van der Waals surface area contributed by atoms with Crippen LogP contribution in [0.15, 0.2) is 4.99 Å². The van der Waals surface area contributed by atoms with Crippen molar-refractivity contribution in [3.63, 3.8) is 0 Å². The van der Waals surface area contributed by atoms with Gasteiger partial charge in [0.1, 0.15) is 6.61 Å². The number of hydrogen-bond donors (Lipinski definition) is 0. The van der Waals surface area contributed by atoms with Gasteiger partial charge in [0.2, 0.25) is 0 Å². The van der Waals surface area contributed by atoms with Crippen LogP contribution in [0.4, 0.5) is 0 Å². The molecule has 0 saturated heterocycles. The third-order valence-electron chi connectivity index (χ3n) is 2.85. The summed E-state index contributed by atoms with van der Waals surface area (Å²) >= 11 is 0. The molecule has 0 aliphatic carbocycles. The van der Waals surface area contributed by atoms with E-state index in [1.807, 2.05) is 0 Å². The molecule has 1 rings (SSSR count). The quantitative estimate of drug-likeness (QED) is 0.557. The summed E-state index contributed by atoms with van der Waals surface area (Å²) in [6, 6.07) is 0.393. The Bertz CT molecular complexity index is 189. The fourth-order valence-corrected chi connectivity index (χ4v) is 1.91. The van der Waals surface area contributed by atoms with Crippen LogP contribution < -0.4 is 0 Å². The van der Waals surface area contributed by atoms with Crippen LogP contribution in [0, 0.1) is 0 Å². The molecule has 0 bridgehead atoms. The zero-order valence-electron chi connectivity index (χ0n) is 10.3. The Kier molecular flexibility index (Phi) is 6.45. The molecule has 1 aliphatic heterocycles. The minimum Gasteiger partial charge on any atom is -0.479 e. The lowest BCUT2D eigenvalue weighted by molar-refractivity contribution is 0.314. The SMILES string of the molecule is CCCCCCCCCC1=NC(C)CO1. The van der Waals surface area contributed by atoms with Crippen LogP contribution in [0.25, 0.3) is 0 Å². The van der Waals surface area contributed by atoms with E-state index in [4.69, 9.17) is 4.74 Å². The second-order valence-electron chi connectivity index (χ2n) is 4.55. The van der Waals surface area contributed by atoms with Crippen molar-refractivity contribution in [3.05, 3.63) is 0 Å². The Hall–Kier alpha value is -0.530. The summed E-state index contributed by atoms with van der Waals surface area (Å²) in [5.74, 6) is 0.996. The Morgan fingerprint density at radius 3 is 2.40 bits per heavy atom. The van der Waals surface area contributed by atoms with E-state index < -0.39 is 0 Å². The molecule has 0 radical (unpaired) electrons. The Morgan fingerprint density at radius 1 is 1.13 bits per heavy atom. The number of hydrogen-bond acceptors (Lipinski definition) is 2. The van der Waals surface area contributed by atoms with E-state index in [0.29, 0.717) is 6.04 Å². The second kappa shape index (κ2) is 7.72. The van der Waals surface area contributed by atoms with Crippen LogP contribution in [0.3, 0.4) is 0 Å². The first kappa shape index (κ1) is 12.5. The number of ether oxygens (including phenoxy) is 1. The average Bonchev–Trinajstić information content (AvgIpc) is 2.63. The van der Waals surface area contributed by atoms with E-state index in [9.17, 15) is 0 Å². The molecule has 0 spiro atoms. The van der Waals surface area contributed by atoms with Crippen molar-refractivity contribution in [3.8, 4) is 0 Å². The molecule has 2 nitrogen and oxygen atoms in total. The molecule has 0 amide bonds. The van der Waals surface area contributed by atoms with Crippen LogP contribution >= 0.6 is 0 Å². The maximum Gasteiger partial charge on any atom is 0.183 e. The van der Waals surface area contributed by atoms with Gasteiger partial charge in [-0.3, -0.25) is 0 Å². The molecular formula is C13H25NO. The molecular weight excluding hydrogens is 186 g/mol. The molecule has 0 N–H and O–H groups in total. The van der Waals surface area contributed by atoms with E-state index >= 15 is 0 Å². The van der Waals surface area contributed by atoms with E-state index in [1.165, 1.54) is 44.9 Å². The van der Waals surface area contributed by atoms with Crippen LogP contribution in [0.1, 0.15) is 65.2 Å². The van der Waals surface area contributed by atoms with Crippen LogP contribution in [-0.4, -0.2) is 18.5 Å². The van der Waals surface area contributed by atoms with Crippen LogP contribution in [0.2, 0.25) is 0 Å². The third kappa shape index (κ3) is 5.81. The maximum atomic E-state index is 5.46. The fourth-order valence-electron chi connectivity index (χ4n) is 1.91. The summed E-state index contributed by atoms with van der Waals surface area (Å²) in [5.41, 5.74) is 0. The van der Waals surface area contributed by atoms with Gasteiger partial charge in [0, 0.05) is 6.42 Å². The van der Waals surface area contributed by atoms with Gasteiger partial charge in [-0.1, -0.05) is 45.4 Å². The zero-order chi connectivity index (χ0) is 10.9. The number of nitrogens with zero attached hydrogens (tertiary/aromatic N) is 1. The summed E-state index contributed by atoms with van der Waals surface area (Å²) in [7, 11) is 0. The molecule has 1 unspecified atom stereocenters. The predicted octanol–water partition coefficient (Wildman–Crippen LogP) is 3.94. The summed E-state index contributed by atoms with van der Waals surface area (Å²) in [6.45, 7) is 5.17. The van der Waals surface area contributed by atoms with Gasteiger partial charge in [0.15, 0.2) is 5.90 Å². The summed E-state index contributed by atoms with van der Waals surface area (Å²) < 4.78 is 5.46. The largest absolute Gasteiger partial charge is 0.479 e. The lowest BCUT2D eigenvalue weighted by Gasteiger charge is -2.01. The minimum atomic E-state index is 0.393. The molecule has 1 atom stereocenters. The smallest absolute Gasteiger partial charge is 0.183 e. The van der Waals surface area contributed by atoms with Gasteiger partial charge in [-0.2, -0.15) is 0 Å². The predicted molar refractivity (Wildman–Crippen MR) is 65.5 cm³/mol. The molecule has 0 fully saturated rings. The molecule has 0 aromatic rings. The normalized spacial score (nSPS) is 20.1. The summed E-state index contributed by atoms with van der Waals surface area (Å²) in [4.78, 5) is 4.43. The first-order valence-corrected chi connectivity index (χ1v) is 6.52. The van der Waals surface area contributed by atoms with Crippen LogP contribution in [0.5, 0.6) is 0 Å². The molecule has 2 heteroatoms. The summed E-state index contributed by atoms with van der Waals surface area (Å²) in [6.07, 6.45) is 10.6. The highest BCUT2D eigenvalue weighted by Crippen LogP contribution is 2.12. The monoisotopic (exact) mass is 211 g/mol. The van der Waals surface area contributed by atoms with E-state index in [-0.39, 0.29) is 0 Å². The van der Waals surface area contributed by atoms with Crippen molar-refractivity contribution in [2.45, 2.75) is 71.3 Å². The molecule has 88 valence electrons. The highest BCUT2D eigenvalue weighted by molar-refractivity contribution is 5.77. The Balaban J connectivity index is 1.87. The fraction of sp³-hybridized carbons (Fsp3) is 0.923. The van der Waals surface area contributed by atoms with Crippen molar-refractivity contribution >= 4 is 5.90 Å². The molecule has 0 aromatic carbocycles. The second-order valence-corrected chi connectivity index (χ2v) is 4.55. The molecule has 1 aliphatic rings. The highest BCUT2D eigenvalue weighted by atomic mass is 16.5. The Labute approximate surface area is 94.1 Å². The topological polar surface area (TPSA) is 21.6 Å². The van der Waals surface area contributed by atoms with E-state index in [2.05, 4.69) is 18.8 Å². The van der Waals surface area contributed by atoms with Gasteiger partial charge in [0.05, 0.1) is 6.04 Å². The number of rotatable bonds is 8. The van der Waals surface area contributed by atoms with Crippen molar-refractivity contribution < 1.29 is 4.74 Å². The maximum absolute atomic E-state index is 5.46. The van der Waals surface area contributed by atoms with E-state index in [1.54, 1.807) is 0 Å². The van der Waals surface area contributed by atoms with Gasteiger partial charge in [0.25, 0.3) is 0 Å².